The van der Waals surface area contributed by atoms with Gasteiger partial charge in [-0.25, -0.2) is 9.78 Å². The Morgan fingerprint density at radius 1 is 1.14 bits per heavy atom. The second-order valence-electron chi connectivity index (χ2n) is 5.29. The maximum Gasteiger partial charge on any atom is 0.329 e. The van der Waals surface area contributed by atoms with E-state index in [-0.39, 0.29) is 5.69 Å². The highest BCUT2D eigenvalue weighted by Gasteiger charge is 2.42. The zero-order valence-corrected chi connectivity index (χ0v) is 11.4. The Morgan fingerprint density at radius 2 is 1.81 bits per heavy atom. The number of hydrogen-bond acceptors (Lipinski definition) is 4. The number of aliphatic carboxylic acids is 1. The van der Waals surface area contributed by atoms with Gasteiger partial charge in [-0.15, -0.1) is 0 Å². The number of carbonyl (C=O) groups is 2. The molecule has 0 radical (unpaired) electrons. The summed E-state index contributed by atoms with van der Waals surface area (Å²) in [5.41, 5.74) is 0.287. The van der Waals surface area contributed by atoms with Gasteiger partial charge in [-0.2, -0.15) is 0 Å². The van der Waals surface area contributed by atoms with Crippen molar-refractivity contribution < 1.29 is 14.7 Å². The standard InChI is InChI=1S/C15H15N3O3/c19-13(18-15(14(20)21)7-3-4-8-15)12-9-16-10-5-1-2-6-11(10)17-12/h1-2,5-6,9H,3-4,7-8H2,(H,18,19)(H,20,21). The average molecular weight is 285 g/mol. The van der Waals surface area contributed by atoms with Crippen LogP contribution in [0.5, 0.6) is 0 Å². The number of carboxylic acid groups (broad SMARTS) is 1. The van der Waals surface area contributed by atoms with Gasteiger partial charge in [0.05, 0.1) is 17.2 Å². The summed E-state index contributed by atoms with van der Waals surface area (Å²) in [5, 5.41) is 12.0. The zero-order valence-electron chi connectivity index (χ0n) is 11.4. The fourth-order valence-electron chi connectivity index (χ4n) is 2.72. The van der Waals surface area contributed by atoms with Crippen LogP contribution in [0.2, 0.25) is 0 Å². The molecule has 6 nitrogen and oxygen atoms in total. The predicted octanol–water partition coefficient (Wildman–Crippen LogP) is 1.76. The Bertz CT molecular complexity index is 708. The SMILES string of the molecule is O=C(NC1(C(=O)O)CCCC1)c1cnc2ccccc2n1. The van der Waals surface area contributed by atoms with E-state index < -0.39 is 17.4 Å². The Hall–Kier alpha value is -2.50. The van der Waals surface area contributed by atoms with Crippen LogP contribution in [0.25, 0.3) is 11.0 Å². The van der Waals surface area contributed by atoms with Crippen molar-refractivity contribution in [1.29, 1.82) is 0 Å². The topological polar surface area (TPSA) is 92.2 Å². The van der Waals surface area contributed by atoms with Crippen molar-refractivity contribution >= 4 is 22.9 Å². The molecule has 2 N–H and O–H groups in total. The van der Waals surface area contributed by atoms with Crippen molar-refractivity contribution in [3.05, 3.63) is 36.2 Å². The van der Waals surface area contributed by atoms with Crippen molar-refractivity contribution in [2.24, 2.45) is 0 Å². The van der Waals surface area contributed by atoms with Crippen LogP contribution in [-0.2, 0) is 4.79 Å². The minimum atomic E-state index is -1.16. The summed E-state index contributed by atoms with van der Waals surface area (Å²) < 4.78 is 0. The fraction of sp³-hybridized carbons (Fsp3) is 0.333. The monoisotopic (exact) mass is 285 g/mol. The average Bonchev–Trinajstić information content (AvgIpc) is 2.96. The highest BCUT2D eigenvalue weighted by atomic mass is 16.4. The Labute approximate surface area is 121 Å². The number of carboxylic acids is 1. The first kappa shape index (κ1) is 13.5. The molecule has 0 bridgehead atoms. The Morgan fingerprint density at radius 3 is 2.48 bits per heavy atom. The van der Waals surface area contributed by atoms with Gasteiger partial charge in [0.2, 0.25) is 0 Å². The van der Waals surface area contributed by atoms with Gasteiger partial charge in [0.15, 0.2) is 0 Å². The van der Waals surface area contributed by atoms with E-state index in [2.05, 4.69) is 15.3 Å². The number of nitrogens with zero attached hydrogens (tertiary/aromatic N) is 2. The first-order valence-corrected chi connectivity index (χ1v) is 6.88. The summed E-state index contributed by atoms with van der Waals surface area (Å²) in [6, 6.07) is 7.23. The lowest BCUT2D eigenvalue weighted by Gasteiger charge is -2.24. The van der Waals surface area contributed by atoms with E-state index in [0.717, 1.165) is 12.8 Å². The second kappa shape index (κ2) is 5.12. The van der Waals surface area contributed by atoms with Crippen LogP contribution in [0, 0.1) is 0 Å². The lowest BCUT2D eigenvalue weighted by molar-refractivity contribution is -0.144. The fourth-order valence-corrected chi connectivity index (χ4v) is 2.72. The molecule has 2 aromatic rings. The van der Waals surface area contributed by atoms with Crippen molar-refractivity contribution in [2.75, 3.05) is 0 Å². The van der Waals surface area contributed by atoms with Crippen molar-refractivity contribution in [3.8, 4) is 0 Å². The smallest absolute Gasteiger partial charge is 0.329 e. The summed E-state index contributed by atoms with van der Waals surface area (Å²) in [4.78, 5) is 32.1. The first-order valence-electron chi connectivity index (χ1n) is 6.88. The molecule has 0 aliphatic heterocycles. The Kier molecular flexibility index (Phi) is 3.29. The molecule has 108 valence electrons. The van der Waals surface area contributed by atoms with Crippen molar-refractivity contribution in [2.45, 2.75) is 31.2 Å². The molecule has 0 unspecified atom stereocenters. The molecule has 0 saturated heterocycles. The molecule has 1 aliphatic carbocycles. The summed E-state index contributed by atoms with van der Waals surface area (Å²) >= 11 is 0. The number of rotatable bonds is 3. The van der Waals surface area contributed by atoms with Crippen molar-refractivity contribution in [3.63, 3.8) is 0 Å². The highest BCUT2D eigenvalue weighted by Crippen LogP contribution is 2.30. The summed E-state index contributed by atoms with van der Waals surface area (Å²) in [6.07, 6.45) is 3.89. The molecule has 0 atom stereocenters. The van der Waals surface area contributed by atoms with Gasteiger partial charge in [-0.3, -0.25) is 9.78 Å². The molecule has 1 aliphatic rings. The lowest BCUT2D eigenvalue weighted by atomic mass is 9.97. The number of benzene rings is 1. The molecule has 1 heterocycles. The van der Waals surface area contributed by atoms with Crippen molar-refractivity contribution in [1.82, 2.24) is 15.3 Å². The third-order valence-corrected chi connectivity index (χ3v) is 3.90. The van der Waals surface area contributed by atoms with E-state index in [9.17, 15) is 14.7 Å². The minimum absolute atomic E-state index is 0.140. The van der Waals surface area contributed by atoms with E-state index in [1.807, 2.05) is 12.1 Å². The molecule has 1 aromatic carbocycles. The molecular weight excluding hydrogens is 270 g/mol. The van der Waals surface area contributed by atoms with Crippen LogP contribution in [0.15, 0.2) is 30.5 Å². The van der Waals surface area contributed by atoms with Crippen LogP contribution in [0.3, 0.4) is 0 Å². The molecule has 3 rings (SSSR count). The molecular formula is C15H15N3O3. The molecule has 1 saturated carbocycles. The van der Waals surface area contributed by atoms with Gasteiger partial charge in [0.25, 0.3) is 5.91 Å². The van der Waals surface area contributed by atoms with Crippen LogP contribution >= 0.6 is 0 Å². The quantitative estimate of drug-likeness (QED) is 0.896. The third-order valence-electron chi connectivity index (χ3n) is 3.90. The van der Waals surface area contributed by atoms with E-state index in [0.29, 0.717) is 23.9 Å². The highest BCUT2D eigenvalue weighted by molar-refractivity contribution is 5.97. The van der Waals surface area contributed by atoms with E-state index in [1.54, 1.807) is 12.1 Å². The van der Waals surface area contributed by atoms with E-state index in [1.165, 1.54) is 6.20 Å². The number of aromatic nitrogens is 2. The van der Waals surface area contributed by atoms with Gasteiger partial charge >= 0.3 is 5.97 Å². The van der Waals surface area contributed by atoms with Gasteiger partial charge in [0, 0.05) is 0 Å². The molecule has 6 heteroatoms. The molecule has 1 fully saturated rings. The molecule has 1 aromatic heterocycles. The molecule has 21 heavy (non-hydrogen) atoms. The number of fused-ring (bicyclic) bond motifs is 1. The van der Waals surface area contributed by atoms with Crippen LogP contribution in [-0.4, -0.2) is 32.5 Å². The van der Waals surface area contributed by atoms with Crippen LogP contribution < -0.4 is 5.32 Å². The number of nitrogens with one attached hydrogen (secondary N) is 1. The lowest BCUT2D eigenvalue weighted by Crippen LogP contribution is -2.52. The third kappa shape index (κ3) is 2.44. The van der Waals surface area contributed by atoms with Gasteiger partial charge in [-0.05, 0) is 25.0 Å². The molecule has 1 amide bonds. The largest absolute Gasteiger partial charge is 0.480 e. The maximum absolute atomic E-state index is 12.3. The predicted molar refractivity (Wildman–Crippen MR) is 75.8 cm³/mol. The number of para-hydroxylation sites is 2. The normalized spacial score (nSPS) is 16.8. The summed E-state index contributed by atoms with van der Waals surface area (Å²) in [6.45, 7) is 0. The zero-order chi connectivity index (χ0) is 14.9. The van der Waals surface area contributed by atoms with Gasteiger partial charge < -0.3 is 10.4 Å². The van der Waals surface area contributed by atoms with Crippen LogP contribution in [0.1, 0.15) is 36.2 Å². The Balaban J connectivity index is 1.88. The molecule has 0 spiro atoms. The maximum atomic E-state index is 12.3. The van der Waals surface area contributed by atoms with Gasteiger partial charge in [-0.1, -0.05) is 25.0 Å². The minimum Gasteiger partial charge on any atom is -0.480 e. The number of carbonyl (C=O) groups excluding carboxylic acids is 1. The number of amides is 1. The van der Waals surface area contributed by atoms with Crippen LogP contribution in [0.4, 0.5) is 0 Å². The first-order chi connectivity index (χ1) is 10.1. The van der Waals surface area contributed by atoms with E-state index in [4.69, 9.17) is 0 Å². The number of hydrogen-bond donors (Lipinski definition) is 2. The van der Waals surface area contributed by atoms with Gasteiger partial charge in [0.1, 0.15) is 11.2 Å². The van der Waals surface area contributed by atoms with E-state index >= 15 is 0 Å². The second-order valence-corrected chi connectivity index (χ2v) is 5.29. The summed E-state index contributed by atoms with van der Waals surface area (Å²) in [5.74, 6) is -1.47. The summed E-state index contributed by atoms with van der Waals surface area (Å²) in [7, 11) is 0.